The van der Waals surface area contributed by atoms with Crippen LogP contribution in [0.1, 0.15) is 0 Å². The van der Waals surface area contributed by atoms with Gasteiger partial charge in [-0.3, -0.25) is 9.36 Å². The van der Waals surface area contributed by atoms with Gasteiger partial charge in [-0.15, -0.1) is 10.2 Å². The van der Waals surface area contributed by atoms with Gasteiger partial charge in [0, 0.05) is 22.0 Å². The monoisotopic (exact) mass is 490 g/mol. The molecule has 10 heteroatoms. The summed E-state index contributed by atoms with van der Waals surface area (Å²) in [5.74, 6) is -0.752. The summed E-state index contributed by atoms with van der Waals surface area (Å²) in [7, 11) is 0. The number of halogens is 4. The van der Waals surface area contributed by atoms with Crippen LogP contribution in [0.2, 0.25) is 10.0 Å². The maximum atomic E-state index is 13.5. The van der Waals surface area contributed by atoms with Crippen molar-refractivity contribution in [3.8, 4) is 17.1 Å². The summed E-state index contributed by atoms with van der Waals surface area (Å²) in [5, 5.41) is 12.1. The molecule has 4 aromatic rings. The topological polar surface area (TPSA) is 59.8 Å². The zero-order valence-corrected chi connectivity index (χ0v) is 18.6. The van der Waals surface area contributed by atoms with Crippen LogP contribution >= 0.6 is 35.0 Å². The van der Waals surface area contributed by atoms with Crippen LogP contribution in [-0.4, -0.2) is 26.4 Å². The Morgan fingerprint density at radius 1 is 0.969 bits per heavy atom. The van der Waals surface area contributed by atoms with Gasteiger partial charge in [-0.25, -0.2) is 8.78 Å². The largest absolute Gasteiger partial charge is 0.325 e. The van der Waals surface area contributed by atoms with Crippen LogP contribution in [0.3, 0.4) is 0 Å². The van der Waals surface area contributed by atoms with Gasteiger partial charge in [0.25, 0.3) is 0 Å². The Labute approximate surface area is 196 Å². The van der Waals surface area contributed by atoms with Crippen LogP contribution in [0.5, 0.6) is 0 Å². The molecule has 1 amide bonds. The Morgan fingerprint density at radius 3 is 2.38 bits per heavy atom. The van der Waals surface area contributed by atoms with Gasteiger partial charge < -0.3 is 5.32 Å². The third-order valence-corrected chi connectivity index (χ3v) is 5.83. The number of carbonyl (C=O) groups is 1. The van der Waals surface area contributed by atoms with Crippen LogP contribution in [-0.2, 0) is 4.79 Å². The first-order valence-electron chi connectivity index (χ1n) is 9.26. The van der Waals surface area contributed by atoms with Gasteiger partial charge in [-0.2, -0.15) is 0 Å². The van der Waals surface area contributed by atoms with Crippen LogP contribution in [0, 0.1) is 11.6 Å². The highest BCUT2D eigenvalue weighted by Gasteiger charge is 2.18. The molecule has 5 nitrogen and oxygen atoms in total. The number of aromatic nitrogens is 3. The number of benzene rings is 3. The zero-order chi connectivity index (χ0) is 22.7. The summed E-state index contributed by atoms with van der Waals surface area (Å²) in [4.78, 5) is 12.4. The quantitative estimate of drug-likeness (QED) is 0.324. The molecule has 0 atom stereocenters. The number of anilines is 1. The van der Waals surface area contributed by atoms with Crippen LogP contribution in [0.4, 0.5) is 14.5 Å². The number of hydrogen-bond acceptors (Lipinski definition) is 4. The first-order chi connectivity index (χ1) is 15.4. The van der Waals surface area contributed by atoms with Crippen molar-refractivity contribution in [2.24, 2.45) is 0 Å². The van der Waals surface area contributed by atoms with Crippen molar-refractivity contribution >= 4 is 46.6 Å². The van der Waals surface area contributed by atoms with Gasteiger partial charge in [-0.1, -0.05) is 35.0 Å². The van der Waals surface area contributed by atoms with E-state index in [0.29, 0.717) is 27.4 Å². The molecule has 162 valence electrons. The molecular formula is C22H14Cl2F2N4OS. The van der Waals surface area contributed by atoms with Crippen molar-refractivity contribution in [3.05, 3.63) is 88.4 Å². The van der Waals surface area contributed by atoms with E-state index in [2.05, 4.69) is 15.5 Å². The molecule has 0 aliphatic rings. The first kappa shape index (κ1) is 22.3. The molecule has 0 saturated carbocycles. The van der Waals surface area contributed by atoms with E-state index in [1.54, 1.807) is 41.0 Å². The Bertz CT molecular complexity index is 1260. The molecule has 0 fully saturated rings. The van der Waals surface area contributed by atoms with Crippen LogP contribution < -0.4 is 5.32 Å². The summed E-state index contributed by atoms with van der Waals surface area (Å²) >= 11 is 12.9. The number of nitrogens with one attached hydrogen (secondary N) is 1. The molecule has 0 bridgehead atoms. The minimum Gasteiger partial charge on any atom is -0.325 e. The van der Waals surface area contributed by atoms with Gasteiger partial charge in [0.1, 0.15) is 11.6 Å². The average Bonchev–Trinajstić information content (AvgIpc) is 3.20. The second-order valence-corrected chi connectivity index (χ2v) is 8.38. The standard InChI is InChI=1S/C22H14Cl2F2N4OS/c23-14-3-1-13(2-4-14)21-28-29-22(30(21)17-8-5-15(25)6-9-17)32-12-20(31)27-16-7-10-19(26)18(24)11-16/h1-11H,12H2,(H,27,31). The van der Waals surface area contributed by atoms with E-state index in [1.165, 1.54) is 30.3 Å². The van der Waals surface area contributed by atoms with E-state index >= 15 is 0 Å². The molecule has 0 saturated heterocycles. The van der Waals surface area contributed by atoms with Gasteiger partial charge in [0.15, 0.2) is 11.0 Å². The van der Waals surface area contributed by atoms with E-state index in [1.807, 2.05) is 0 Å². The summed E-state index contributed by atoms with van der Waals surface area (Å²) in [6.45, 7) is 0. The predicted molar refractivity (Wildman–Crippen MR) is 123 cm³/mol. The van der Waals surface area contributed by atoms with E-state index < -0.39 is 5.82 Å². The minimum atomic E-state index is -0.568. The van der Waals surface area contributed by atoms with Gasteiger partial charge in [0.2, 0.25) is 5.91 Å². The van der Waals surface area contributed by atoms with E-state index in [4.69, 9.17) is 23.2 Å². The Morgan fingerprint density at radius 2 is 1.69 bits per heavy atom. The van der Waals surface area contributed by atoms with Crippen molar-refractivity contribution in [3.63, 3.8) is 0 Å². The first-order valence-corrected chi connectivity index (χ1v) is 11.0. The molecular weight excluding hydrogens is 477 g/mol. The van der Waals surface area contributed by atoms with Gasteiger partial charge in [-0.05, 0) is 66.7 Å². The maximum Gasteiger partial charge on any atom is 0.234 e. The number of amides is 1. The van der Waals surface area contributed by atoms with Crippen molar-refractivity contribution in [2.75, 3.05) is 11.1 Å². The number of hydrogen-bond donors (Lipinski definition) is 1. The molecule has 4 rings (SSSR count). The molecule has 0 spiro atoms. The third-order valence-electron chi connectivity index (χ3n) is 4.36. The summed E-state index contributed by atoms with van der Waals surface area (Å²) in [5.41, 5.74) is 1.77. The minimum absolute atomic E-state index is 0.00887. The lowest BCUT2D eigenvalue weighted by Gasteiger charge is -2.11. The third kappa shape index (κ3) is 5.09. The SMILES string of the molecule is O=C(CSc1nnc(-c2ccc(Cl)cc2)n1-c1ccc(F)cc1)Nc1ccc(F)c(Cl)c1. The smallest absolute Gasteiger partial charge is 0.234 e. The maximum absolute atomic E-state index is 13.5. The molecule has 32 heavy (non-hydrogen) atoms. The molecule has 0 radical (unpaired) electrons. The molecule has 0 unspecified atom stereocenters. The molecule has 0 aliphatic heterocycles. The van der Waals surface area contributed by atoms with E-state index in [9.17, 15) is 13.6 Å². The van der Waals surface area contributed by atoms with Crippen molar-refractivity contribution in [1.29, 1.82) is 0 Å². The fourth-order valence-electron chi connectivity index (χ4n) is 2.87. The highest BCUT2D eigenvalue weighted by Crippen LogP contribution is 2.29. The highest BCUT2D eigenvalue weighted by molar-refractivity contribution is 7.99. The fraction of sp³-hybridized carbons (Fsp3) is 0.0455. The second kappa shape index (κ2) is 9.68. The number of rotatable bonds is 6. The molecule has 1 N–H and O–H groups in total. The van der Waals surface area contributed by atoms with Gasteiger partial charge in [0.05, 0.1) is 10.8 Å². The summed E-state index contributed by atoms with van der Waals surface area (Å²) in [6.07, 6.45) is 0. The van der Waals surface area contributed by atoms with Crippen molar-refractivity contribution in [1.82, 2.24) is 14.8 Å². The van der Waals surface area contributed by atoms with Gasteiger partial charge >= 0.3 is 0 Å². The fourth-order valence-corrected chi connectivity index (χ4v) is 3.93. The lowest BCUT2D eigenvalue weighted by Crippen LogP contribution is -2.14. The van der Waals surface area contributed by atoms with Crippen LogP contribution in [0.15, 0.2) is 71.9 Å². The highest BCUT2D eigenvalue weighted by atomic mass is 35.5. The second-order valence-electron chi connectivity index (χ2n) is 6.59. The molecule has 1 heterocycles. The zero-order valence-electron chi connectivity index (χ0n) is 16.2. The normalized spacial score (nSPS) is 10.9. The number of thioether (sulfide) groups is 1. The Kier molecular flexibility index (Phi) is 6.74. The Balaban J connectivity index is 1.59. The molecule has 1 aromatic heterocycles. The van der Waals surface area contributed by atoms with E-state index in [0.717, 1.165) is 17.3 Å². The van der Waals surface area contributed by atoms with Crippen LogP contribution in [0.25, 0.3) is 17.1 Å². The molecule has 3 aromatic carbocycles. The number of nitrogens with zero attached hydrogens (tertiary/aromatic N) is 3. The average molecular weight is 491 g/mol. The lowest BCUT2D eigenvalue weighted by atomic mass is 10.2. The number of carbonyl (C=O) groups excluding carboxylic acids is 1. The lowest BCUT2D eigenvalue weighted by molar-refractivity contribution is -0.113. The molecule has 0 aliphatic carbocycles. The summed E-state index contributed by atoms with van der Waals surface area (Å²) in [6, 6.07) is 16.9. The Hall–Kier alpha value is -2.94. The van der Waals surface area contributed by atoms with Crippen molar-refractivity contribution in [2.45, 2.75) is 5.16 Å². The van der Waals surface area contributed by atoms with Crippen molar-refractivity contribution < 1.29 is 13.6 Å². The van der Waals surface area contributed by atoms with E-state index in [-0.39, 0.29) is 22.5 Å². The predicted octanol–water partition coefficient (Wildman–Crippen LogP) is 6.25. The summed E-state index contributed by atoms with van der Waals surface area (Å²) < 4.78 is 28.5.